The average molecular weight is 357 g/mol. The Balaban J connectivity index is 1.73. The van der Waals surface area contributed by atoms with Crippen molar-refractivity contribution < 1.29 is 22.3 Å². The monoisotopic (exact) mass is 357 g/mol. The van der Waals surface area contributed by atoms with E-state index in [1.54, 1.807) is 18.2 Å². The Morgan fingerprint density at radius 3 is 2.75 bits per heavy atom. The van der Waals surface area contributed by atoms with Crippen LogP contribution in [0.5, 0.6) is 0 Å². The van der Waals surface area contributed by atoms with Gasteiger partial charge in [-0.2, -0.15) is 4.31 Å². The highest BCUT2D eigenvalue weighted by molar-refractivity contribution is 7.89. The fourth-order valence-corrected chi connectivity index (χ4v) is 5.12. The van der Waals surface area contributed by atoms with Crippen LogP contribution in [0.4, 0.5) is 4.39 Å². The van der Waals surface area contributed by atoms with E-state index in [9.17, 15) is 12.8 Å². The van der Waals surface area contributed by atoms with Crippen LogP contribution in [0.3, 0.4) is 0 Å². The number of rotatable bonds is 4. The van der Waals surface area contributed by atoms with Crippen molar-refractivity contribution in [3.05, 3.63) is 35.6 Å². The van der Waals surface area contributed by atoms with E-state index in [2.05, 4.69) is 0 Å². The molecule has 0 aromatic heterocycles. The van der Waals surface area contributed by atoms with Crippen LogP contribution in [0.25, 0.3) is 0 Å². The Hall–Kier alpha value is -1.02. The quantitative estimate of drug-likeness (QED) is 0.827. The lowest BCUT2D eigenvalue weighted by Gasteiger charge is -2.44. The summed E-state index contributed by atoms with van der Waals surface area (Å²) in [4.78, 5) is 0. The van der Waals surface area contributed by atoms with Gasteiger partial charge < -0.3 is 9.47 Å². The Morgan fingerprint density at radius 1 is 1.33 bits per heavy atom. The molecule has 0 amide bonds. The van der Waals surface area contributed by atoms with E-state index in [0.717, 1.165) is 0 Å². The summed E-state index contributed by atoms with van der Waals surface area (Å²) in [6.07, 6.45) is 0.535. The Kier molecular flexibility index (Phi) is 4.97. The van der Waals surface area contributed by atoms with Crippen molar-refractivity contribution in [1.29, 1.82) is 0 Å². The minimum Gasteiger partial charge on any atom is -0.375 e. The van der Waals surface area contributed by atoms with Gasteiger partial charge in [0.05, 0.1) is 18.0 Å². The van der Waals surface area contributed by atoms with Crippen molar-refractivity contribution in [2.24, 2.45) is 0 Å². The molecule has 2 fully saturated rings. The molecule has 2 saturated heterocycles. The van der Waals surface area contributed by atoms with Crippen LogP contribution in [-0.4, -0.2) is 56.0 Å². The average Bonchev–Trinajstić information content (AvgIpc) is 2.86. The Bertz CT molecular complexity index is 696. The molecule has 2 heterocycles. The lowest BCUT2D eigenvalue weighted by Crippen LogP contribution is -2.59. The van der Waals surface area contributed by atoms with Gasteiger partial charge in [-0.25, -0.2) is 12.8 Å². The molecular weight excluding hydrogens is 333 g/mol. The predicted octanol–water partition coefficient (Wildman–Crippen LogP) is 1.97. The lowest BCUT2D eigenvalue weighted by molar-refractivity contribution is -0.153. The van der Waals surface area contributed by atoms with Crippen LogP contribution in [0, 0.1) is 5.82 Å². The molecule has 5 nitrogen and oxygen atoms in total. The molecule has 0 radical (unpaired) electrons. The second-order valence-corrected chi connectivity index (χ2v) is 8.79. The summed E-state index contributed by atoms with van der Waals surface area (Å²) >= 11 is 0. The highest BCUT2D eigenvalue weighted by atomic mass is 32.2. The van der Waals surface area contributed by atoms with Gasteiger partial charge in [-0.3, -0.25) is 0 Å². The van der Waals surface area contributed by atoms with Crippen molar-refractivity contribution in [3.63, 3.8) is 0 Å². The maximum Gasteiger partial charge on any atom is 0.214 e. The second-order valence-electron chi connectivity index (χ2n) is 6.71. The van der Waals surface area contributed by atoms with Gasteiger partial charge >= 0.3 is 0 Å². The first-order valence-corrected chi connectivity index (χ1v) is 9.94. The number of ether oxygens (including phenoxy) is 2. The summed E-state index contributed by atoms with van der Waals surface area (Å²) < 4.78 is 52.4. The smallest absolute Gasteiger partial charge is 0.214 e. The first-order chi connectivity index (χ1) is 11.3. The van der Waals surface area contributed by atoms with Gasteiger partial charge in [-0.15, -0.1) is 0 Å². The number of nitrogens with zero attached hydrogens (tertiary/aromatic N) is 1. The molecule has 0 saturated carbocycles. The molecular formula is C17H24FNO4S. The third-order valence-corrected chi connectivity index (χ3v) is 6.74. The summed E-state index contributed by atoms with van der Waals surface area (Å²) in [7, 11) is -3.49. The van der Waals surface area contributed by atoms with Crippen molar-refractivity contribution in [2.75, 3.05) is 25.4 Å². The van der Waals surface area contributed by atoms with Crippen LogP contribution in [0.1, 0.15) is 25.8 Å². The van der Waals surface area contributed by atoms with Crippen molar-refractivity contribution in [2.45, 2.75) is 44.5 Å². The number of hydrogen-bond acceptors (Lipinski definition) is 4. The number of benzene rings is 1. The molecule has 7 heteroatoms. The number of morpholine rings is 1. The number of aryl methyl sites for hydroxylation is 1. The molecule has 3 rings (SSSR count). The van der Waals surface area contributed by atoms with Crippen LogP contribution in [-0.2, 0) is 25.9 Å². The first-order valence-electron chi connectivity index (χ1n) is 8.33. The van der Waals surface area contributed by atoms with E-state index in [1.807, 2.05) is 13.8 Å². The number of sulfonamides is 1. The Morgan fingerprint density at radius 2 is 2.08 bits per heavy atom. The summed E-state index contributed by atoms with van der Waals surface area (Å²) in [6.45, 7) is 5.02. The van der Waals surface area contributed by atoms with E-state index < -0.39 is 15.6 Å². The topological polar surface area (TPSA) is 55.8 Å². The third-order valence-electron chi connectivity index (χ3n) is 4.96. The minimum absolute atomic E-state index is 0.105. The van der Waals surface area contributed by atoms with Gasteiger partial charge in [0.15, 0.2) is 0 Å². The number of halogens is 1. The normalized spacial score (nSPS) is 31.6. The lowest BCUT2D eigenvalue weighted by atomic mass is 9.94. The van der Waals surface area contributed by atoms with E-state index in [0.29, 0.717) is 31.7 Å². The molecule has 0 aliphatic carbocycles. The standard InChI is InChI=1S/C17H24FNO4S/c1-13-11-19(12-17(23-13)8-9-22-14(17)2)24(20,21)10-7-15-5-3-4-6-16(15)18/h3-6,13-14H,7-12H2,1-2H3. The molecule has 2 aliphatic rings. The fourth-order valence-electron chi connectivity index (χ4n) is 3.53. The zero-order valence-electron chi connectivity index (χ0n) is 14.1. The summed E-state index contributed by atoms with van der Waals surface area (Å²) in [5.74, 6) is -0.469. The van der Waals surface area contributed by atoms with Gasteiger partial charge in [0, 0.05) is 26.1 Å². The highest BCUT2D eigenvalue weighted by Crippen LogP contribution is 2.36. The molecule has 24 heavy (non-hydrogen) atoms. The predicted molar refractivity (Wildman–Crippen MR) is 88.8 cm³/mol. The van der Waals surface area contributed by atoms with Crippen LogP contribution >= 0.6 is 0 Å². The fraction of sp³-hybridized carbons (Fsp3) is 0.647. The third kappa shape index (κ3) is 3.49. The SMILES string of the molecule is CC1CN(S(=O)(=O)CCc2ccccc2F)CC2(CCOC2C)O1. The zero-order valence-corrected chi connectivity index (χ0v) is 14.9. The Labute approximate surface area is 142 Å². The van der Waals surface area contributed by atoms with Crippen LogP contribution < -0.4 is 0 Å². The van der Waals surface area contributed by atoms with Crippen molar-refractivity contribution in [1.82, 2.24) is 4.31 Å². The molecule has 1 aromatic rings. The molecule has 1 spiro atoms. The zero-order chi connectivity index (χ0) is 17.4. The van der Waals surface area contributed by atoms with E-state index >= 15 is 0 Å². The summed E-state index contributed by atoms with van der Waals surface area (Å²) in [6, 6.07) is 6.29. The number of hydrogen-bond donors (Lipinski definition) is 0. The van der Waals surface area contributed by atoms with E-state index in [4.69, 9.17) is 9.47 Å². The molecule has 134 valence electrons. The molecule has 3 atom stereocenters. The maximum atomic E-state index is 13.7. The van der Waals surface area contributed by atoms with E-state index in [1.165, 1.54) is 10.4 Å². The van der Waals surface area contributed by atoms with Crippen molar-refractivity contribution in [3.8, 4) is 0 Å². The minimum atomic E-state index is -3.49. The van der Waals surface area contributed by atoms with Crippen molar-refractivity contribution >= 4 is 10.0 Å². The molecule has 1 aromatic carbocycles. The first kappa shape index (κ1) is 17.8. The van der Waals surface area contributed by atoms with Gasteiger partial charge in [0.2, 0.25) is 10.0 Å². The van der Waals surface area contributed by atoms with Gasteiger partial charge in [-0.1, -0.05) is 18.2 Å². The van der Waals surface area contributed by atoms with Gasteiger partial charge in [0.1, 0.15) is 11.4 Å². The second kappa shape index (κ2) is 6.71. The largest absolute Gasteiger partial charge is 0.375 e. The van der Waals surface area contributed by atoms with Gasteiger partial charge in [0.25, 0.3) is 0 Å². The molecule has 0 N–H and O–H groups in total. The summed E-state index contributed by atoms with van der Waals surface area (Å²) in [5, 5.41) is 0. The van der Waals surface area contributed by atoms with E-state index in [-0.39, 0.29) is 30.2 Å². The molecule has 0 bridgehead atoms. The van der Waals surface area contributed by atoms with Crippen LogP contribution in [0.2, 0.25) is 0 Å². The maximum absolute atomic E-state index is 13.7. The highest BCUT2D eigenvalue weighted by Gasteiger charge is 2.49. The van der Waals surface area contributed by atoms with Gasteiger partial charge in [-0.05, 0) is 31.9 Å². The molecule has 2 aliphatic heterocycles. The molecule has 3 unspecified atom stereocenters. The summed E-state index contributed by atoms with van der Waals surface area (Å²) in [5.41, 5.74) is -0.141. The van der Waals surface area contributed by atoms with Crippen LogP contribution in [0.15, 0.2) is 24.3 Å².